The van der Waals surface area contributed by atoms with Crippen molar-refractivity contribution in [1.29, 1.82) is 0 Å². The third-order valence-corrected chi connectivity index (χ3v) is 1.63. The smallest absolute Gasteiger partial charge is 0.122 e. The summed E-state index contributed by atoms with van der Waals surface area (Å²) in [6, 6.07) is 5.43. The van der Waals surface area contributed by atoms with Crippen LogP contribution in [0.15, 0.2) is 30.9 Å². The normalized spacial score (nSPS) is 10.4. The number of benzene rings is 1. The number of rotatable bonds is 2. The number of phenolic OH excluding ortho intramolecular Hbond substituents is 1. The van der Waals surface area contributed by atoms with Crippen molar-refractivity contribution in [2.45, 2.75) is 6.92 Å². The standard InChI is InChI=1S/C11H12O/c1-3-5-9-6-7-11(12)10(4-2)8-9/h3-8,12H,2H2,1H3/b5-3+. The molecule has 0 atom stereocenters. The molecule has 0 heterocycles. The van der Waals surface area contributed by atoms with Crippen LogP contribution in [0.1, 0.15) is 18.1 Å². The van der Waals surface area contributed by atoms with E-state index in [1.54, 1.807) is 12.1 Å². The van der Waals surface area contributed by atoms with E-state index < -0.39 is 0 Å². The molecule has 1 N–H and O–H groups in total. The molecule has 0 aliphatic rings. The average Bonchev–Trinajstić information content (AvgIpc) is 2.09. The lowest BCUT2D eigenvalue weighted by Gasteiger charge is -1.99. The highest BCUT2D eigenvalue weighted by molar-refractivity contribution is 5.61. The summed E-state index contributed by atoms with van der Waals surface area (Å²) in [5.74, 6) is 0.276. The summed E-state index contributed by atoms with van der Waals surface area (Å²) in [5, 5.41) is 9.31. The van der Waals surface area contributed by atoms with Gasteiger partial charge in [-0.2, -0.15) is 0 Å². The van der Waals surface area contributed by atoms with Gasteiger partial charge in [0.25, 0.3) is 0 Å². The van der Waals surface area contributed by atoms with E-state index in [1.807, 2.05) is 31.2 Å². The summed E-state index contributed by atoms with van der Waals surface area (Å²) in [7, 11) is 0. The number of allylic oxidation sites excluding steroid dienone is 1. The van der Waals surface area contributed by atoms with Gasteiger partial charge < -0.3 is 5.11 Å². The van der Waals surface area contributed by atoms with Crippen LogP contribution in [0, 0.1) is 0 Å². The highest BCUT2D eigenvalue weighted by Gasteiger charge is 1.95. The average molecular weight is 160 g/mol. The summed E-state index contributed by atoms with van der Waals surface area (Å²) < 4.78 is 0. The van der Waals surface area contributed by atoms with E-state index in [0.717, 1.165) is 11.1 Å². The van der Waals surface area contributed by atoms with Gasteiger partial charge in [-0.15, -0.1) is 0 Å². The van der Waals surface area contributed by atoms with Crippen molar-refractivity contribution in [1.82, 2.24) is 0 Å². The molecule has 1 rings (SSSR count). The van der Waals surface area contributed by atoms with Crippen molar-refractivity contribution >= 4 is 12.2 Å². The van der Waals surface area contributed by atoms with Gasteiger partial charge in [0.05, 0.1) is 0 Å². The van der Waals surface area contributed by atoms with Gasteiger partial charge in [-0.1, -0.05) is 30.9 Å². The minimum Gasteiger partial charge on any atom is -0.507 e. The van der Waals surface area contributed by atoms with Crippen LogP contribution in [0.3, 0.4) is 0 Å². The number of hydrogen-bond acceptors (Lipinski definition) is 1. The second-order valence-corrected chi connectivity index (χ2v) is 2.52. The SMILES string of the molecule is C=Cc1cc(/C=C/C)ccc1O. The predicted octanol–water partition coefficient (Wildman–Crippen LogP) is 3.07. The Balaban J connectivity index is 3.13. The number of phenols is 1. The molecule has 0 radical (unpaired) electrons. The number of hydrogen-bond donors (Lipinski definition) is 1. The topological polar surface area (TPSA) is 20.2 Å². The Hall–Kier alpha value is -1.50. The summed E-state index contributed by atoms with van der Waals surface area (Å²) in [5.41, 5.74) is 1.84. The van der Waals surface area contributed by atoms with Crippen molar-refractivity contribution in [3.63, 3.8) is 0 Å². The second kappa shape index (κ2) is 3.77. The lowest BCUT2D eigenvalue weighted by Crippen LogP contribution is -1.76. The first-order valence-corrected chi connectivity index (χ1v) is 3.86. The van der Waals surface area contributed by atoms with Crippen LogP contribution in [-0.4, -0.2) is 5.11 Å². The molecular formula is C11H12O. The Bertz CT molecular complexity index is 311. The summed E-state index contributed by atoms with van der Waals surface area (Å²) in [6.45, 7) is 5.57. The fraction of sp³-hybridized carbons (Fsp3) is 0.0909. The molecule has 1 nitrogen and oxygen atoms in total. The van der Waals surface area contributed by atoms with Gasteiger partial charge in [-0.05, 0) is 24.6 Å². The van der Waals surface area contributed by atoms with E-state index >= 15 is 0 Å². The van der Waals surface area contributed by atoms with Gasteiger partial charge >= 0.3 is 0 Å². The largest absolute Gasteiger partial charge is 0.507 e. The van der Waals surface area contributed by atoms with Gasteiger partial charge in [0.2, 0.25) is 0 Å². The van der Waals surface area contributed by atoms with E-state index in [1.165, 1.54) is 0 Å². The molecule has 0 aromatic heterocycles. The number of aromatic hydroxyl groups is 1. The lowest BCUT2D eigenvalue weighted by atomic mass is 10.1. The van der Waals surface area contributed by atoms with Gasteiger partial charge in [-0.3, -0.25) is 0 Å². The van der Waals surface area contributed by atoms with Crippen molar-refractivity contribution in [2.75, 3.05) is 0 Å². The maximum absolute atomic E-state index is 9.31. The van der Waals surface area contributed by atoms with Gasteiger partial charge in [0.1, 0.15) is 5.75 Å². The minimum atomic E-state index is 0.276. The van der Waals surface area contributed by atoms with E-state index in [0.29, 0.717) is 0 Å². The summed E-state index contributed by atoms with van der Waals surface area (Å²) in [6.07, 6.45) is 5.58. The van der Waals surface area contributed by atoms with Crippen LogP contribution in [0.4, 0.5) is 0 Å². The molecule has 0 fully saturated rings. The lowest BCUT2D eigenvalue weighted by molar-refractivity contribution is 0.474. The van der Waals surface area contributed by atoms with Gasteiger partial charge in [0.15, 0.2) is 0 Å². The molecule has 0 saturated heterocycles. The van der Waals surface area contributed by atoms with E-state index in [9.17, 15) is 5.11 Å². The monoisotopic (exact) mass is 160 g/mol. The highest BCUT2D eigenvalue weighted by atomic mass is 16.3. The van der Waals surface area contributed by atoms with Crippen LogP contribution in [0.25, 0.3) is 12.2 Å². The molecular weight excluding hydrogens is 148 g/mol. The third kappa shape index (κ3) is 1.76. The molecule has 0 bridgehead atoms. The Morgan fingerprint density at radius 3 is 2.75 bits per heavy atom. The Kier molecular flexibility index (Phi) is 2.70. The molecule has 0 saturated carbocycles. The summed E-state index contributed by atoms with van der Waals surface area (Å²) >= 11 is 0. The van der Waals surface area contributed by atoms with Crippen LogP contribution in [-0.2, 0) is 0 Å². The van der Waals surface area contributed by atoms with Crippen LogP contribution in [0.5, 0.6) is 5.75 Å². The first-order valence-electron chi connectivity index (χ1n) is 3.86. The molecule has 1 aromatic carbocycles. The maximum Gasteiger partial charge on any atom is 0.122 e. The van der Waals surface area contributed by atoms with Gasteiger partial charge in [0, 0.05) is 5.56 Å². The predicted molar refractivity (Wildman–Crippen MR) is 52.9 cm³/mol. The quantitative estimate of drug-likeness (QED) is 0.704. The minimum absolute atomic E-state index is 0.276. The zero-order valence-electron chi connectivity index (χ0n) is 7.12. The van der Waals surface area contributed by atoms with Crippen LogP contribution < -0.4 is 0 Å². The summed E-state index contributed by atoms with van der Waals surface area (Å²) in [4.78, 5) is 0. The molecule has 0 aliphatic carbocycles. The van der Waals surface area contributed by atoms with Crippen LogP contribution >= 0.6 is 0 Å². The fourth-order valence-corrected chi connectivity index (χ4v) is 1.03. The maximum atomic E-state index is 9.31. The van der Waals surface area contributed by atoms with Crippen molar-refractivity contribution < 1.29 is 5.11 Å². The third-order valence-electron chi connectivity index (χ3n) is 1.63. The molecule has 12 heavy (non-hydrogen) atoms. The molecule has 0 unspecified atom stereocenters. The van der Waals surface area contributed by atoms with E-state index in [2.05, 4.69) is 6.58 Å². The molecule has 0 amide bonds. The Morgan fingerprint density at radius 1 is 1.42 bits per heavy atom. The zero-order chi connectivity index (χ0) is 8.97. The molecule has 1 aromatic rings. The molecule has 1 heteroatoms. The first kappa shape index (κ1) is 8.60. The molecule has 62 valence electrons. The van der Waals surface area contributed by atoms with Crippen molar-refractivity contribution in [3.8, 4) is 5.75 Å². The fourth-order valence-electron chi connectivity index (χ4n) is 1.03. The zero-order valence-corrected chi connectivity index (χ0v) is 7.12. The van der Waals surface area contributed by atoms with E-state index in [-0.39, 0.29) is 5.75 Å². The van der Waals surface area contributed by atoms with Gasteiger partial charge in [-0.25, -0.2) is 0 Å². The van der Waals surface area contributed by atoms with Crippen molar-refractivity contribution in [2.24, 2.45) is 0 Å². The van der Waals surface area contributed by atoms with Crippen LogP contribution in [0.2, 0.25) is 0 Å². The second-order valence-electron chi connectivity index (χ2n) is 2.52. The van der Waals surface area contributed by atoms with Crippen molar-refractivity contribution in [3.05, 3.63) is 42.0 Å². The molecule has 0 aliphatic heterocycles. The molecule has 0 spiro atoms. The Morgan fingerprint density at radius 2 is 2.17 bits per heavy atom. The Labute approximate surface area is 72.7 Å². The van der Waals surface area contributed by atoms with E-state index in [4.69, 9.17) is 0 Å². The highest BCUT2D eigenvalue weighted by Crippen LogP contribution is 2.19. The first-order chi connectivity index (χ1) is 5.77.